The van der Waals surface area contributed by atoms with Crippen LogP contribution >= 0.6 is 11.3 Å². The predicted octanol–water partition coefficient (Wildman–Crippen LogP) is 0.794. The third-order valence-electron chi connectivity index (χ3n) is 1.63. The Bertz CT molecular complexity index is 261. The summed E-state index contributed by atoms with van der Waals surface area (Å²) in [5.41, 5.74) is 2.71. The molecule has 0 amide bonds. The maximum atomic E-state index is 11.0. The number of thiazole rings is 1. The van der Waals surface area contributed by atoms with E-state index in [0.717, 1.165) is 5.69 Å². The third kappa shape index (κ3) is 3.12. The highest BCUT2D eigenvalue weighted by Gasteiger charge is 2.11. The van der Waals surface area contributed by atoms with Gasteiger partial charge in [-0.15, -0.1) is 11.3 Å². The molecule has 72 valence electrons. The van der Waals surface area contributed by atoms with Crippen LogP contribution in [0.2, 0.25) is 0 Å². The molecule has 0 aliphatic rings. The van der Waals surface area contributed by atoms with Crippen molar-refractivity contribution in [3.8, 4) is 0 Å². The van der Waals surface area contributed by atoms with Crippen LogP contribution in [0, 0.1) is 0 Å². The molecule has 1 rings (SSSR count). The van der Waals surface area contributed by atoms with Crippen molar-refractivity contribution in [2.75, 3.05) is 7.11 Å². The predicted molar refractivity (Wildman–Crippen MR) is 50.4 cm³/mol. The molecule has 0 unspecified atom stereocenters. The minimum atomic E-state index is -0.285. The van der Waals surface area contributed by atoms with Crippen LogP contribution in [0.4, 0.5) is 0 Å². The van der Waals surface area contributed by atoms with Crippen LogP contribution < -0.4 is 5.32 Å². The zero-order valence-electron chi connectivity index (χ0n) is 7.61. The van der Waals surface area contributed by atoms with E-state index in [0.29, 0.717) is 6.54 Å². The molecule has 0 aliphatic carbocycles. The lowest BCUT2D eigenvalue weighted by Crippen LogP contribution is -2.34. The zero-order chi connectivity index (χ0) is 9.68. The van der Waals surface area contributed by atoms with E-state index in [2.05, 4.69) is 15.0 Å². The van der Waals surface area contributed by atoms with Gasteiger partial charge in [0.15, 0.2) is 0 Å². The first-order chi connectivity index (χ1) is 6.24. The minimum Gasteiger partial charge on any atom is -0.468 e. The largest absolute Gasteiger partial charge is 0.468 e. The van der Waals surface area contributed by atoms with Crippen molar-refractivity contribution in [2.45, 2.75) is 19.5 Å². The van der Waals surface area contributed by atoms with Crippen LogP contribution in [0.25, 0.3) is 0 Å². The van der Waals surface area contributed by atoms with Crippen molar-refractivity contribution >= 4 is 17.3 Å². The monoisotopic (exact) mass is 200 g/mol. The number of carbonyl (C=O) groups excluding carboxylic acids is 1. The number of hydrogen-bond donors (Lipinski definition) is 1. The Morgan fingerprint density at radius 3 is 3.15 bits per heavy atom. The topological polar surface area (TPSA) is 51.2 Å². The van der Waals surface area contributed by atoms with Crippen molar-refractivity contribution in [1.29, 1.82) is 0 Å². The first kappa shape index (κ1) is 10.1. The van der Waals surface area contributed by atoms with E-state index in [1.807, 2.05) is 5.38 Å². The molecule has 1 atom stereocenters. The summed E-state index contributed by atoms with van der Waals surface area (Å²) < 4.78 is 4.56. The van der Waals surface area contributed by atoms with Gasteiger partial charge in [-0.2, -0.15) is 0 Å². The summed E-state index contributed by atoms with van der Waals surface area (Å²) in [6.45, 7) is 2.36. The van der Waals surface area contributed by atoms with Crippen LogP contribution in [0.5, 0.6) is 0 Å². The molecular formula is C8H12N2O2S. The molecule has 0 saturated carbocycles. The van der Waals surface area contributed by atoms with Crippen LogP contribution in [-0.2, 0) is 16.1 Å². The molecule has 0 fully saturated rings. The van der Waals surface area contributed by atoms with Gasteiger partial charge in [0.1, 0.15) is 6.04 Å². The van der Waals surface area contributed by atoms with Gasteiger partial charge in [0, 0.05) is 11.9 Å². The lowest BCUT2D eigenvalue weighted by Gasteiger charge is -2.09. The van der Waals surface area contributed by atoms with Crippen molar-refractivity contribution in [3.63, 3.8) is 0 Å². The van der Waals surface area contributed by atoms with Crippen molar-refractivity contribution in [3.05, 3.63) is 16.6 Å². The molecule has 0 bridgehead atoms. The highest BCUT2D eigenvalue weighted by atomic mass is 32.1. The lowest BCUT2D eigenvalue weighted by atomic mass is 10.3. The standard InChI is InChI=1S/C8H12N2O2S/c1-6(8(11)12-2)9-3-7-4-13-5-10-7/h4-6,9H,3H2,1-2H3/t6-/m0/s1. The summed E-state index contributed by atoms with van der Waals surface area (Å²) in [7, 11) is 1.38. The van der Waals surface area contributed by atoms with E-state index in [1.165, 1.54) is 18.4 Å². The smallest absolute Gasteiger partial charge is 0.322 e. The Hall–Kier alpha value is -0.940. The second-order valence-electron chi connectivity index (χ2n) is 2.61. The minimum absolute atomic E-state index is 0.254. The van der Waals surface area contributed by atoms with Gasteiger partial charge in [0.25, 0.3) is 0 Å². The van der Waals surface area contributed by atoms with Gasteiger partial charge in [-0.25, -0.2) is 4.98 Å². The molecule has 0 aromatic carbocycles. The van der Waals surface area contributed by atoms with E-state index in [1.54, 1.807) is 12.4 Å². The third-order valence-corrected chi connectivity index (χ3v) is 2.26. The summed E-state index contributed by atoms with van der Waals surface area (Å²) in [5, 5.41) is 4.95. The summed E-state index contributed by atoms with van der Waals surface area (Å²) in [4.78, 5) is 15.0. The molecule has 0 aliphatic heterocycles. The summed E-state index contributed by atoms with van der Waals surface area (Å²) in [5.74, 6) is -0.254. The van der Waals surface area contributed by atoms with E-state index >= 15 is 0 Å². The molecule has 5 heteroatoms. The Kier molecular flexibility index (Phi) is 3.85. The van der Waals surface area contributed by atoms with Gasteiger partial charge in [-0.1, -0.05) is 0 Å². The van der Waals surface area contributed by atoms with E-state index in [-0.39, 0.29) is 12.0 Å². The molecule has 0 saturated heterocycles. The molecule has 1 aromatic rings. The molecule has 1 aromatic heterocycles. The number of hydrogen-bond acceptors (Lipinski definition) is 5. The van der Waals surface area contributed by atoms with E-state index < -0.39 is 0 Å². The number of aromatic nitrogens is 1. The number of methoxy groups -OCH3 is 1. The van der Waals surface area contributed by atoms with Crippen molar-refractivity contribution in [2.24, 2.45) is 0 Å². The Balaban J connectivity index is 2.30. The van der Waals surface area contributed by atoms with Crippen LogP contribution in [0.1, 0.15) is 12.6 Å². The van der Waals surface area contributed by atoms with E-state index in [4.69, 9.17) is 0 Å². The number of rotatable bonds is 4. The first-order valence-electron chi connectivity index (χ1n) is 3.92. The molecule has 4 nitrogen and oxygen atoms in total. The SMILES string of the molecule is COC(=O)[C@H](C)NCc1cscn1. The van der Waals surface area contributed by atoms with Gasteiger partial charge in [0.2, 0.25) is 0 Å². The first-order valence-corrected chi connectivity index (χ1v) is 4.86. The molecule has 13 heavy (non-hydrogen) atoms. The van der Waals surface area contributed by atoms with Gasteiger partial charge < -0.3 is 4.74 Å². The zero-order valence-corrected chi connectivity index (χ0v) is 8.43. The number of nitrogens with zero attached hydrogens (tertiary/aromatic N) is 1. The number of esters is 1. The molecule has 0 radical (unpaired) electrons. The summed E-state index contributed by atoms with van der Waals surface area (Å²) in [6, 6.07) is -0.285. The Labute approximate surface area is 80.9 Å². The van der Waals surface area contributed by atoms with Gasteiger partial charge in [0.05, 0.1) is 18.3 Å². The molecule has 0 spiro atoms. The second-order valence-corrected chi connectivity index (χ2v) is 3.32. The number of nitrogens with one attached hydrogen (secondary N) is 1. The fraction of sp³-hybridized carbons (Fsp3) is 0.500. The average molecular weight is 200 g/mol. The number of carbonyl (C=O) groups is 1. The highest BCUT2D eigenvalue weighted by Crippen LogP contribution is 2.00. The Morgan fingerprint density at radius 1 is 1.85 bits per heavy atom. The van der Waals surface area contributed by atoms with Crippen molar-refractivity contribution < 1.29 is 9.53 Å². The maximum absolute atomic E-state index is 11.0. The van der Waals surface area contributed by atoms with Gasteiger partial charge >= 0.3 is 5.97 Å². The van der Waals surface area contributed by atoms with E-state index in [9.17, 15) is 4.79 Å². The lowest BCUT2D eigenvalue weighted by molar-refractivity contribution is -0.142. The van der Waals surface area contributed by atoms with Gasteiger partial charge in [-0.3, -0.25) is 10.1 Å². The van der Waals surface area contributed by atoms with Crippen LogP contribution in [0.15, 0.2) is 10.9 Å². The highest BCUT2D eigenvalue weighted by molar-refractivity contribution is 7.07. The fourth-order valence-electron chi connectivity index (χ4n) is 0.843. The normalized spacial score (nSPS) is 12.5. The summed E-state index contributed by atoms with van der Waals surface area (Å²) in [6.07, 6.45) is 0. The maximum Gasteiger partial charge on any atom is 0.322 e. The quantitative estimate of drug-likeness (QED) is 0.730. The Morgan fingerprint density at radius 2 is 2.62 bits per heavy atom. The van der Waals surface area contributed by atoms with Gasteiger partial charge in [-0.05, 0) is 6.92 Å². The fourth-order valence-corrected chi connectivity index (χ4v) is 1.40. The molecular weight excluding hydrogens is 188 g/mol. The second kappa shape index (κ2) is 4.94. The van der Waals surface area contributed by atoms with Crippen LogP contribution in [0.3, 0.4) is 0 Å². The van der Waals surface area contributed by atoms with Crippen LogP contribution in [-0.4, -0.2) is 24.1 Å². The summed E-state index contributed by atoms with van der Waals surface area (Å²) >= 11 is 1.54. The molecule has 1 N–H and O–H groups in total. The average Bonchev–Trinajstić information content (AvgIpc) is 2.65. The molecule has 1 heterocycles. The number of ether oxygens (including phenoxy) is 1. The van der Waals surface area contributed by atoms with Crippen molar-refractivity contribution in [1.82, 2.24) is 10.3 Å².